The Hall–Kier alpha value is -3.06. The Labute approximate surface area is 197 Å². The zero-order chi connectivity index (χ0) is 23.5. The fraction of sp³-hybridized carbons (Fsp3) is 0.360. The van der Waals surface area contributed by atoms with Crippen LogP contribution in [0.5, 0.6) is 5.75 Å². The summed E-state index contributed by atoms with van der Waals surface area (Å²) in [7, 11) is 1.51. The van der Waals surface area contributed by atoms with Crippen LogP contribution < -0.4 is 15.4 Å². The number of halogens is 2. The van der Waals surface area contributed by atoms with Crippen molar-refractivity contribution in [2.24, 2.45) is 0 Å². The number of ether oxygens (including phenoxy) is 1. The Bertz CT molecular complexity index is 1060. The minimum Gasteiger partial charge on any atom is -0.495 e. The van der Waals surface area contributed by atoms with Gasteiger partial charge in [-0.25, -0.2) is 4.39 Å². The minimum absolute atomic E-state index is 0.0505. The number of fused-ring (bicyclic) bond motifs is 2. The molecule has 2 N–H and O–H groups in total. The van der Waals surface area contributed by atoms with Crippen LogP contribution in [0.3, 0.4) is 0 Å². The number of carbonyl (C=O) groups is 2. The van der Waals surface area contributed by atoms with Gasteiger partial charge in [0.05, 0.1) is 12.1 Å². The predicted molar refractivity (Wildman–Crippen MR) is 128 cm³/mol. The number of nitrogens with zero attached hydrogens (tertiary/aromatic N) is 1. The van der Waals surface area contributed by atoms with Gasteiger partial charge in [-0.2, -0.15) is 0 Å². The van der Waals surface area contributed by atoms with E-state index < -0.39 is 0 Å². The molecule has 0 aliphatic carbocycles. The van der Waals surface area contributed by atoms with Crippen molar-refractivity contribution in [2.75, 3.05) is 17.7 Å². The Kier molecular flexibility index (Phi) is 6.88. The molecular weight excluding hydrogens is 445 g/mol. The highest BCUT2D eigenvalue weighted by atomic mass is 35.5. The highest BCUT2D eigenvalue weighted by molar-refractivity contribution is 6.32. The van der Waals surface area contributed by atoms with Crippen LogP contribution in [-0.4, -0.2) is 41.9 Å². The average molecular weight is 472 g/mol. The molecule has 2 amide bonds. The third-order valence-electron chi connectivity index (χ3n) is 6.24. The van der Waals surface area contributed by atoms with Gasteiger partial charge in [-0.1, -0.05) is 11.6 Å². The second-order valence-electron chi connectivity index (χ2n) is 8.54. The molecule has 2 saturated heterocycles. The smallest absolute Gasteiger partial charge is 0.247 e. The second kappa shape index (κ2) is 9.83. The maximum Gasteiger partial charge on any atom is 0.247 e. The van der Waals surface area contributed by atoms with Crippen molar-refractivity contribution in [3.63, 3.8) is 0 Å². The van der Waals surface area contributed by atoms with Gasteiger partial charge in [0.15, 0.2) is 0 Å². The number of carbonyl (C=O) groups excluding carboxylic acids is 2. The molecule has 1 unspecified atom stereocenters. The molecule has 2 fully saturated rings. The van der Waals surface area contributed by atoms with E-state index >= 15 is 0 Å². The van der Waals surface area contributed by atoms with E-state index in [4.69, 9.17) is 16.3 Å². The SMILES string of the molecule is COc1cc(/C=C/C(=O)N2[C@@H]3CC[C@H]2CC(Nc2ccc(F)cc2)C3)c(NC(C)=O)cc1Cl. The van der Waals surface area contributed by atoms with E-state index in [0.29, 0.717) is 22.0 Å². The number of benzene rings is 2. The number of nitrogens with one attached hydrogen (secondary N) is 2. The lowest BCUT2D eigenvalue weighted by atomic mass is 9.96. The van der Waals surface area contributed by atoms with Gasteiger partial charge >= 0.3 is 0 Å². The number of anilines is 2. The van der Waals surface area contributed by atoms with Gasteiger partial charge in [-0.05, 0) is 68.2 Å². The molecule has 0 aromatic heterocycles. The number of hydrogen-bond acceptors (Lipinski definition) is 4. The monoisotopic (exact) mass is 471 g/mol. The van der Waals surface area contributed by atoms with Crippen molar-refractivity contribution in [2.45, 2.75) is 50.7 Å². The minimum atomic E-state index is -0.257. The molecule has 2 bridgehead atoms. The van der Waals surface area contributed by atoms with Crippen LogP contribution in [0.4, 0.5) is 15.8 Å². The number of piperidine rings is 1. The number of methoxy groups -OCH3 is 1. The fourth-order valence-corrected chi connectivity index (χ4v) is 5.09. The summed E-state index contributed by atoms with van der Waals surface area (Å²) in [5.41, 5.74) is 2.05. The largest absolute Gasteiger partial charge is 0.495 e. The topological polar surface area (TPSA) is 70.7 Å². The van der Waals surface area contributed by atoms with Crippen LogP contribution in [0, 0.1) is 5.82 Å². The van der Waals surface area contributed by atoms with E-state index in [1.165, 1.54) is 26.2 Å². The Morgan fingerprint density at radius 3 is 2.42 bits per heavy atom. The molecule has 6 nitrogen and oxygen atoms in total. The summed E-state index contributed by atoms with van der Waals surface area (Å²) in [5, 5.41) is 6.60. The molecule has 8 heteroatoms. The second-order valence-corrected chi connectivity index (χ2v) is 8.95. The first-order chi connectivity index (χ1) is 15.8. The summed E-state index contributed by atoms with van der Waals surface area (Å²) in [6.45, 7) is 1.42. The normalized spacial score (nSPS) is 21.8. The zero-order valence-electron chi connectivity index (χ0n) is 18.6. The van der Waals surface area contributed by atoms with Crippen LogP contribution in [-0.2, 0) is 9.59 Å². The zero-order valence-corrected chi connectivity index (χ0v) is 19.4. The van der Waals surface area contributed by atoms with Crippen LogP contribution >= 0.6 is 11.6 Å². The Balaban J connectivity index is 1.46. The standard InChI is InChI=1S/C25H27ClFN3O3/c1-15(31)28-23-14-22(26)24(33-2)11-16(23)3-10-25(32)30-20-8-9-21(30)13-19(12-20)29-18-6-4-17(27)5-7-18/h3-7,10-11,14,19-21,29H,8-9,12-13H2,1-2H3,(H,28,31)/b10-3+/t19?,20-,21+. The van der Waals surface area contributed by atoms with Crippen molar-refractivity contribution >= 4 is 40.9 Å². The van der Waals surface area contributed by atoms with Crippen molar-refractivity contribution in [3.8, 4) is 5.75 Å². The number of hydrogen-bond donors (Lipinski definition) is 2. The van der Waals surface area contributed by atoms with Gasteiger partial charge in [-0.15, -0.1) is 0 Å². The summed E-state index contributed by atoms with van der Waals surface area (Å²) >= 11 is 6.20. The van der Waals surface area contributed by atoms with E-state index in [1.807, 2.05) is 4.90 Å². The first-order valence-corrected chi connectivity index (χ1v) is 11.4. The van der Waals surface area contributed by atoms with Crippen LogP contribution in [0.1, 0.15) is 38.2 Å². The van der Waals surface area contributed by atoms with E-state index in [-0.39, 0.29) is 35.8 Å². The number of rotatable bonds is 6. The summed E-state index contributed by atoms with van der Waals surface area (Å²) in [5.74, 6) is -0.0742. The van der Waals surface area contributed by atoms with Crippen molar-refractivity contribution in [3.05, 3.63) is 58.9 Å². The Morgan fingerprint density at radius 2 is 1.82 bits per heavy atom. The maximum atomic E-state index is 13.2. The van der Waals surface area contributed by atoms with E-state index in [0.717, 1.165) is 31.4 Å². The fourth-order valence-electron chi connectivity index (χ4n) is 4.85. The maximum absolute atomic E-state index is 13.2. The van der Waals surface area contributed by atoms with Gasteiger partial charge < -0.3 is 20.3 Å². The van der Waals surface area contributed by atoms with Crippen molar-refractivity contribution in [1.82, 2.24) is 4.90 Å². The van der Waals surface area contributed by atoms with Gasteiger partial charge in [0.2, 0.25) is 11.8 Å². The molecular formula is C25H27ClFN3O3. The van der Waals surface area contributed by atoms with Crippen LogP contribution in [0.2, 0.25) is 5.02 Å². The molecule has 2 aromatic carbocycles. The molecule has 2 heterocycles. The molecule has 174 valence electrons. The lowest BCUT2D eigenvalue weighted by molar-refractivity contribution is -0.130. The summed E-state index contributed by atoms with van der Waals surface area (Å²) < 4.78 is 18.4. The molecule has 4 rings (SSSR count). The lowest BCUT2D eigenvalue weighted by Gasteiger charge is -2.39. The third kappa shape index (κ3) is 5.30. The predicted octanol–water partition coefficient (Wildman–Crippen LogP) is 5.09. The molecule has 0 spiro atoms. The molecule has 2 aliphatic heterocycles. The summed E-state index contributed by atoms with van der Waals surface area (Å²) in [6, 6.07) is 10.3. The summed E-state index contributed by atoms with van der Waals surface area (Å²) in [4.78, 5) is 26.7. The van der Waals surface area contributed by atoms with Gasteiger partial charge in [0.25, 0.3) is 0 Å². The first kappa shape index (κ1) is 23.1. The number of amides is 2. The highest BCUT2D eigenvalue weighted by Crippen LogP contribution is 2.37. The Morgan fingerprint density at radius 1 is 1.15 bits per heavy atom. The van der Waals surface area contributed by atoms with Crippen molar-refractivity contribution < 1.29 is 18.7 Å². The summed E-state index contributed by atoms with van der Waals surface area (Å²) in [6.07, 6.45) is 6.87. The molecule has 2 aromatic rings. The quantitative estimate of drug-likeness (QED) is 0.575. The van der Waals surface area contributed by atoms with Gasteiger partial charge in [0.1, 0.15) is 11.6 Å². The molecule has 0 radical (unpaired) electrons. The molecule has 2 aliphatic rings. The van der Waals surface area contributed by atoms with Gasteiger partial charge in [-0.3, -0.25) is 9.59 Å². The van der Waals surface area contributed by atoms with E-state index in [1.54, 1.807) is 36.4 Å². The van der Waals surface area contributed by atoms with Crippen molar-refractivity contribution in [1.29, 1.82) is 0 Å². The highest BCUT2D eigenvalue weighted by Gasteiger charge is 2.42. The molecule has 0 saturated carbocycles. The van der Waals surface area contributed by atoms with Crippen LogP contribution in [0.15, 0.2) is 42.5 Å². The van der Waals surface area contributed by atoms with Crippen LogP contribution in [0.25, 0.3) is 6.08 Å². The van der Waals surface area contributed by atoms with Gasteiger partial charge in [0, 0.05) is 48.1 Å². The third-order valence-corrected chi connectivity index (χ3v) is 6.54. The van der Waals surface area contributed by atoms with E-state index in [9.17, 15) is 14.0 Å². The molecule has 3 atom stereocenters. The average Bonchev–Trinajstić information content (AvgIpc) is 3.04. The molecule has 33 heavy (non-hydrogen) atoms. The lowest BCUT2D eigenvalue weighted by Crippen LogP contribution is -2.49. The van der Waals surface area contributed by atoms with E-state index in [2.05, 4.69) is 10.6 Å². The first-order valence-electron chi connectivity index (χ1n) is 11.0.